The van der Waals surface area contributed by atoms with Crippen molar-refractivity contribution in [1.82, 2.24) is 0 Å². The van der Waals surface area contributed by atoms with Crippen molar-refractivity contribution in [2.75, 3.05) is 0 Å². The minimum Gasteiger partial charge on any atom is -0.393 e. The molecule has 0 saturated carbocycles. The molecule has 0 aromatic rings. The molecule has 1 atom stereocenters. The summed E-state index contributed by atoms with van der Waals surface area (Å²) in [4.78, 5) is 27.9. The number of carbonyl (C=O) groups is 1. The van der Waals surface area contributed by atoms with Gasteiger partial charge in [-0.15, -0.1) is 0 Å². The molecular formula is C14H29O6P. The van der Waals surface area contributed by atoms with Gasteiger partial charge in [0.15, 0.2) is 0 Å². The van der Waals surface area contributed by atoms with Gasteiger partial charge < -0.3 is 9.63 Å². The van der Waals surface area contributed by atoms with E-state index in [0.717, 1.165) is 19.3 Å². The molecule has 0 aliphatic heterocycles. The molecule has 0 amide bonds. The van der Waals surface area contributed by atoms with Crippen LogP contribution < -0.4 is 0 Å². The van der Waals surface area contributed by atoms with E-state index in [9.17, 15) is 14.5 Å². The Morgan fingerprint density at radius 3 is 1.95 bits per heavy atom. The second kappa shape index (κ2) is 12.2. The Balaban J connectivity index is 3.43. The summed E-state index contributed by atoms with van der Waals surface area (Å²) in [6, 6.07) is 0. The normalized spacial score (nSPS) is 13.1. The lowest BCUT2D eigenvalue weighted by molar-refractivity contribution is -0.137. The summed E-state index contributed by atoms with van der Waals surface area (Å²) in [5.41, 5.74) is 0. The van der Waals surface area contributed by atoms with Crippen molar-refractivity contribution in [2.24, 2.45) is 0 Å². The van der Waals surface area contributed by atoms with Crippen molar-refractivity contribution in [3.63, 3.8) is 0 Å². The number of phosphoric acid groups is 1. The third-order valence-corrected chi connectivity index (χ3v) is 3.71. The number of unbranched alkanes of at least 4 members (excludes halogenated alkanes) is 8. The van der Waals surface area contributed by atoms with Gasteiger partial charge in [0.2, 0.25) is 0 Å². The van der Waals surface area contributed by atoms with Gasteiger partial charge in [0, 0.05) is 0 Å². The lowest BCUT2D eigenvalue weighted by Gasteiger charge is -2.10. The van der Waals surface area contributed by atoms with Crippen molar-refractivity contribution in [1.29, 1.82) is 0 Å². The molecule has 1 unspecified atom stereocenters. The van der Waals surface area contributed by atoms with Gasteiger partial charge in [0.25, 0.3) is 0 Å². The summed E-state index contributed by atoms with van der Waals surface area (Å²) in [6.45, 7) is 2.20. The summed E-state index contributed by atoms with van der Waals surface area (Å²) >= 11 is 0. The molecule has 0 aromatic heterocycles. The van der Waals surface area contributed by atoms with Gasteiger partial charge in [0.05, 0.1) is 12.5 Å². The van der Waals surface area contributed by atoms with Crippen LogP contribution in [0.3, 0.4) is 0 Å². The van der Waals surface area contributed by atoms with E-state index in [2.05, 4.69) is 11.4 Å². The highest BCUT2D eigenvalue weighted by Gasteiger charge is 2.22. The maximum Gasteiger partial charge on any atom is 0.526 e. The van der Waals surface area contributed by atoms with Crippen molar-refractivity contribution < 1.29 is 28.8 Å². The third kappa shape index (κ3) is 15.8. The summed E-state index contributed by atoms with van der Waals surface area (Å²) in [6.07, 6.45) is 9.68. The van der Waals surface area contributed by atoms with E-state index in [1.807, 2.05) is 0 Å². The number of hydrogen-bond donors (Lipinski definition) is 3. The molecule has 6 nitrogen and oxygen atoms in total. The second-order valence-corrected chi connectivity index (χ2v) is 6.59. The van der Waals surface area contributed by atoms with E-state index in [1.54, 1.807) is 0 Å². The number of hydrogen-bond acceptors (Lipinski definition) is 4. The summed E-state index contributed by atoms with van der Waals surface area (Å²) in [5.74, 6) is -1.06. The predicted molar refractivity (Wildman–Crippen MR) is 80.6 cm³/mol. The van der Waals surface area contributed by atoms with Crippen molar-refractivity contribution in [3.8, 4) is 0 Å². The zero-order chi connectivity index (χ0) is 16.1. The van der Waals surface area contributed by atoms with Crippen LogP contribution in [-0.2, 0) is 13.9 Å². The number of carbonyl (C=O) groups excluding carboxylic acids is 1. The van der Waals surface area contributed by atoms with Crippen LogP contribution in [0.4, 0.5) is 0 Å². The number of aliphatic hydroxyl groups excluding tert-OH is 1. The fourth-order valence-electron chi connectivity index (χ4n) is 2.15. The average Bonchev–Trinajstić information content (AvgIpc) is 2.34. The molecule has 126 valence electrons. The van der Waals surface area contributed by atoms with Crippen LogP contribution in [0.15, 0.2) is 0 Å². The molecule has 0 aliphatic rings. The fraction of sp³-hybridized carbons (Fsp3) is 0.929. The van der Waals surface area contributed by atoms with E-state index in [1.165, 1.54) is 38.5 Å². The summed E-state index contributed by atoms with van der Waals surface area (Å²) in [5, 5.41) is 9.56. The van der Waals surface area contributed by atoms with Gasteiger partial charge in [-0.2, -0.15) is 0 Å². The van der Waals surface area contributed by atoms with Crippen LogP contribution in [0.5, 0.6) is 0 Å². The Morgan fingerprint density at radius 2 is 1.48 bits per heavy atom. The molecule has 0 radical (unpaired) electrons. The van der Waals surface area contributed by atoms with Crippen LogP contribution in [0.2, 0.25) is 0 Å². The van der Waals surface area contributed by atoms with Crippen LogP contribution in [-0.4, -0.2) is 27.0 Å². The van der Waals surface area contributed by atoms with Crippen molar-refractivity contribution in [2.45, 2.75) is 83.7 Å². The molecule has 0 heterocycles. The molecule has 7 heteroatoms. The molecule has 0 aliphatic carbocycles. The molecule has 3 N–H and O–H groups in total. The maximum absolute atomic E-state index is 11.1. The lowest BCUT2D eigenvalue weighted by Crippen LogP contribution is -2.14. The quantitative estimate of drug-likeness (QED) is 0.355. The topological polar surface area (TPSA) is 104 Å². The molecule has 0 fully saturated rings. The van der Waals surface area contributed by atoms with Gasteiger partial charge in [-0.25, -0.2) is 4.57 Å². The standard InChI is InChI=1S/C14H29O6P/c1-2-3-4-5-6-7-8-9-10-11-13(15)12-14(16)20-21(17,18)19/h13,15H,2-12H2,1H3,(H2,17,18,19). The molecule has 0 bridgehead atoms. The summed E-state index contributed by atoms with van der Waals surface area (Å²) < 4.78 is 14.3. The number of rotatable bonds is 13. The third-order valence-electron chi connectivity index (χ3n) is 3.26. The first-order chi connectivity index (χ1) is 9.85. The highest BCUT2D eigenvalue weighted by Crippen LogP contribution is 2.36. The van der Waals surface area contributed by atoms with Crippen molar-refractivity contribution in [3.05, 3.63) is 0 Å². The Hall–Kier alpha value is -0.420. The Labute approximate surface area is 127 Å². The first-order valence-electron chi connectivity index (χ1n) is 7.81. The lowest BCUT2D eigenvalue weighted by atomic mass is 10.0. The van der Waals surface area contributed by atoms with Gasteiger partial charge >= 0.3 is 13.8 Å². The zero-order valence-electron chi connectivity index (χ0n) is 12.9. The second-order valence-electron chi connectivity index (χ2n) is 5.43. The van der Waals surface area contributed by atoms with Crippen LogP contribution >= 0.6 is 7.82 Å². The molecule has 0 spiro atoms. The van der Waals surface area contributed by atoms with Gasteiger partial charge in [-0.1, -0.05) is 64.7 Å². The van der Waals surface area contributed by atoms with Gasteiger partial charge in [-0.05, 0) is 6.42 Å². The zero-order valence-corrected chi connectivity index (χ0v) is 13.8. The number of phosphoric ester groups is 1. The average molecular weight is 324 g/mol. The minimum atomic E-state index is -4.79. The molecule has 0 saturated heterocycles. The number of aliphatic hydroxyl groups is 1. The SMILES string of the molecule is CCCCCCCCCCCC(O)CC(=O)OP(=O)(O)O. The van der Waals surface area contributed by atoms with Gasteiger partial charge in [0.1, 0.15) is 0 Å². The Bertz CT molecular complexity index is 315. The highest BCUT2D eigenvalue weighted by molar-refractivity contribution is 7.46. The molecule has 0 rings (SSSR count). The van der Waals surface area contributed by atoms with Crippen LogP contribution in [0.1, 0.15) is 77.6 Å². The molecule has 0 aromatic carbocycles. The first kappa shape index (κ1) is 20.6. The summed E-state index contributed by atoms with van der Waals surface area (Å²) in [7, 11) is -4.79. The monoisotopic (exact) mass is 324 g/mol. The van der Waals surface area contributed by atoms with Crippen LogP contribution in [0.25, 0.3) is 0 Å². The first-order valence-corrected chi connectivity index (χ1v) is 9.34. The van der Waals surface area contributed by atoms with Crippen molar-refractivity contribution >= 4 is 13.8 Å². The highest BCUT2D eigenvalue weighted by atomic mass is 31.2. The predicted octanol–water partition coefficient (Wildman–Crippen LogP) is 3.29. The Kier molecular flexibility index (Phi) is 11.9. The molecular weight excluding hydrogens is 295 g/mol. The van der Waals surface area contributed by atoms with E-state index >= 15 is 0 Å². The fourth-order valence-corrected chi connectivity index (χ4v) is 2.49. The Morgan fingerprint density at radius 1 is 1.00 bits per heavy atom. The van der Waals surface area contributed by atoms with Crippen LogP contribution in [0, 0.1) is 0 Å². The molecule has 21 heavy (non-hydrogen) atoms. The van der Waals surface area contributed by atoms with Gasteiger partial charge in [-0.3, -0.25) is 14.6 Å². The van der Waals surface area contributed by atoms with E-state index in [0.29, 0.717) is 6.42 Å². The maximum atomic E-state index is 11.1. The van der Waals surface area contributed by atoms with E-state index in [4.69, 9.17) is 9.79 Å². The minimum absolute atomic E-state index is 0.373. The smallest absolute Gasteiger partial charge is 0.393 e. The van der Waals surface area contributed by atoms with E-state index < -0.39 is 19.9 Å². The largest absolute Gasteiger partial charge is 0.526 e. The van der Waals surface area contributed by atoms with E-state index in [-0.39, 0.29) is 6.42 Å².